The largest absolute Gasteiger partial charge is 0.472 e. The lowest BCUT2D eigenvalue weighted by atomic mass is 9.98. The third-order valence-electron chi connectivity index (χ3n) is 21.6. The number of hydrogen-bond donors (Lipinski definition) is 8. The van der Waals surface area contributed by atoms with Crippen LogP contribution in [-0.2, 0) is 79.6 Å². The van der Waals surface area contributed by atoms with E-state index in [4.69, 9.17) is 51.3 Å². The van der Waals surface area contributed by atoms with E-state index in [1.807, 2.05) is 0 Å². The standard InChI is InChI=1S/C83H156O25P2/c1-5-9-13-17-20-23-26-29-32-35-38-43-49-55-72(84)98-60-68(104-74(86)57-51-45-40-37-34-31-28-25-22-19-15-11-7-3)62-100-109(94,95)102-64-70-76(88)78(90)80(92)82(106-70)108-83-81(93)79(91)77(89)71(107-83)65-103-110(96,97)101-63-69(61-99-73(85)56-50-44-39-36-33-30-27-24-21-18-14-10-6-2)105-75(87)58-52-46-41-42-48-54-67-59-66(67)53-47-16-12-8-4/h66-71,76-83,88-93H,5-65H2,1-4H3,(H,94,95)(H,96,97)/t66-,67+,68+,69+,70?,71?,76?,77?,78?,79?,80?,81?,82?,83?/m0/s1. The third kappa shape index (κ3) is 51.1. The van der Waals surface area contributed by atoms with E-state index in [1.54, 1.807) is 0 Å². The van der Waals surface area contributed by atoms with Crippen molar-refractivity contribution in [1.29, 1.82) is 0 Å². The molecule has 1 saturated carbocycles. The Labute approximate surface area is 662 Å². The number of hydrogen-bond acceptors (Lipinski definition) is 23. The van der Waals surface area contributed by atoms with Crippen LogP contribution in [0, 0.1) is 11.8 Å². The maximum Gasteiger partial charge on any atom is 0.472 e. The first-order valence-electron chi connectivity index (χ1n) is 44.1. The number of carbonyl (C=O) groups is 4. The summed E-state index contributed by atoms with van der Waals surface area (Å²) in [6.07, 6.45) is 34.9. The van der Waals surface area contributed by atoms with Gasteiger partial charge in [0, 0.05) is 25.7 Å². The number of unbranched alkanes of at least 4 members (excludes halogenated alkanes) is 43. The number of aliphatic hydroxyl groups is 6. The molecule has 110 heavy (non-hydrogen) atoms. The molecule has 0 amide bonds. The number of ether oxygens (including phenoxy) is 7. The molecule has 0 radical (unpaired) electrons. The highest BCUT2D eigenvalue weighted by atomic mass is 31.2. The minimum Gasteiger partial charge on any atom is -0.462 e. The van der Waals surface area contributed by atoms with Crippen LogP contribution in [0.25, 0.3) is 0 Å². The molecular weight excluding hydrogens is 1460 g/mol. The van der Waals surface area contributed by atoms with E-state index < -0.39 is 153 Å². The van der Waals surface area contributed by atoms with E-state index in [-0.39, 0.29) is 25.7 Å². The van der Waals surface area contributed by atoms with Gasteiger partial charge in [-0.05, 0) is 43.9 Å². The van der Waals surface area contributed by atoms with Gasteiger partial charge in [0.15, 0.2) is 24.8 Å². The summed E-state index contributed by atoms with van der Waals surface area (Å²) in [6.45, 7) is 4.32. The number of phosphoric acid groups is 2. The van der Waals surface area contributed by atoms with Crippen LogP contribution in [-0.4, -0.2) is 178 Å². The highest BCUT2D eigenvalue weighted by molar-refractivity contribution is 7.47. The summed E-state index contributed by atoms with van der Waals surface area (Å²) in [6, 6.07) is 0. The molecule has 0 aromatic heterocycles. The van der Waals surface area contributed by atoms with Gasteiger partial charge in [-0.1, -0.05) is 323 Å². The van der Waals surface area contributed by atoms with Crippen molar-refractivity contribution >= 4 is 39.5 Å². The van der Waals surface area contributed by atoms with Crippen molar-refractivity contribution < 1.29 is 120 Å². The first-order chi connectivity index (χ1) is 53.1. The second-order valence-corrected chi connectivity index (χ2v) is 34.7. The van der Waals surface area contributed by atoms with E-state index in [2.05, 4.69) is 27.7 Å². The molecule has 3 aliphatic rings. The Hall–Kier alpha value is -2.26. The highest BCUT2D eigenvalue weighted by Gasteiger charge is 2.51. The third-order valence-corrected chi connectivity index (χ3v) is 23.5. The van der Waals surface area contributed by atoms with Crippen LogP contribution in [0.3, 0.4) is 0 Å². The van der Waals surface area contributed by atoms with Gasteiger partial charge in [-0.3, -0.25) is 37.3 Å². The van der Waals surface area contributed by atoms with E-state index >= 15 is 0 Å². The molecule has 2 heterocycles. The molecule has 0 aromatic carbocycles. The van der Waals surface area contributed by atoms with E-state index in [0.717, 1.165) is 115 Å². The lowest BCUT2D eigenvalue weighted by Crippen LogP contribution is -2.63. The van der Waals surface area contributed by atoms with E-state index in [9.17, 15) is 68.7 Å². The number of phosphoric ester groups is 2. The van der Waals surface area contributed by atoms with Gasteiger partial charge in [-0.15, -0.1) is 0 Å². The van der Waals surface area contributed by atoms with Gasteiger partial charge in [0.05, 0.1) is 26.4 Å². The summed E-state index contributed by atoms with van der Waals surface area (Å²) in [5, 5.41) is 65.9. The average Bonchev–Trinajstić information content (AvgIpc) is 1.13. The Kier molecular flexibility index (Phi) is 60.0. The Balaban J connectivity index is 1.55. The van der Waals surface area contributed by atoms with E-state index in [0.29, 0.717) is 25.7 Å². The fraction of sp³-hybridized carbons (Fsp3) is 0.952. The Bertz CT molecular complexity index is 2380. The Morgan fingerprint density at radius 2 is 0.564 bits per heavy atom. The highest BCUT2D eigenvalue weighted by Crippen LogP contribution is 2.47. The molecule has 2 saturated heterocycles. The zero-order chi connectivity index (χ0) is 80.3. The first kappa shape index (κ1) is 102. The van der Waals surface area contributed by atoms with Gasteiger partial charge in [-0.2, -0.15) is 0 Å². The van der Waals surface area contributed by atoms with Crippen LogP contribution in [0.4, 0.5) is 0 Å². The topological polar surface area (TPSA) is 366 Å². The van der Waals surface area contributed by atoms with Gasteiger partial charge >= 0.3 is 39.5 Å². The maximum absolute atomic E-state index is 13.5. The van der Waals surface area contributed by atoms with Crippen molar-refractivity contribution in [2.75, 3.05) is 39.6 Å². The van der Waals surface area contributed by atoms with Gasteiger partial charge in [0.25, 0.3) is 0 Å². The summed E-state index contributed by atoms with van der Waals surface area (Å²) < 4.78 is 86.8. The molecule has 0 bridgehead atoms. The normalized spacial score (nSPS) is 23.6. The molecule has 12 unspecified atom stereocenters. The van der Waals surface area contributed by atoms with E-state index in [1.165, 1.54) is 199 Å². The molecule has 648 valence electrons. The Morgan fingerprint density at radius 1 is 0.318 bits per heavy atom. The smallest absolute Gasteiger partial charge is 0.462 e. The van der Waals surface area contributed by atoms with Gasteiger partial charge < -0.3 is 73.6 Å². The molecular formula is C83H156O25P2. The van der Waals surface area contributed by atoms with Crippen LogP contribution in [0.2, 0.25) is 0 Å². The monoisotopic (exact) mass is 1620 g/mol. The molecule has 16 atom stereocenters. The molecule has 27 heteroatoms. The minimum absolute atomic E-state index is 0.0441. The summed E-state index contributed by atoms with van der Waals surface area (Å²) in [5.74, 6) is -0.641. The van der Waals surface area contributed by atoms with Crippen molar-refractivity contribution in [3.63, 3.8) is 0 Å². The molecule has 25 nitrogen and oxygen atoms in total. The number of esters is 4. The Morgan fingerprint density at radius 3 is 0.845 bits per heavy atom. The van der Waals surface area contributed by atoms with Gasteiger partial charge in [-0.25, -0.2) is 9.13 Å². The summed E-state index contributed by atoms with van der Waals surface area (Å²) in [5.41, 5.74) is 0. The summed E-state index contributed by atoms with van der Waals surface area (Å²) in [4.78, 5) is 74.0. The van der Waals surface area contributed by atoms with Crippen LogP contribution in [0.5, 0.6) is 0 Å². The maximum atomic E-state index is 13.5. The zero-order valence-electron chi connectivity index (χ0n) is 68.6. The average molecular weight is 1620 g/mol. The predicted molar refractivity (Wildman–Crippen MR) is 423 cm³/mol. The SMILES string of the molecule is CCCCCCCCCCCCCCCC(=O)OC[C@H](COP(=O)(O)OCC1OC(OC2OC(COP(=O)(O)OC[C@@H](COC(=O)CCCCCCCCCCCCCCC)OC(=O)CCCCCCC[C@@H]3C[C@@H]3CCCCCC)C(O)C(O)C2O)C(O)C(O)C1O)OC(=O)CCCCCCCCCCCCCCC. The molecule has 1 aliphatic carbocycles. The first-order valence-corrected chi connectivity index (χ1v) is 47.1. The fourth-order valence-corrected chi connectivity index (χ4v) is 15.9. The van der Waals surface area contributed by atoms with Gasteiger partial charge in [0.1, 0.15) is 62.0 Å². The van der Waals surface area contributed by atoms with Crippen molar-refractivity contribution in [2.45, 2.75) is 454 Å². The van der Waals surface area contributed by atoms with Crippen molar-refractivity contribution in [1.82, 2.24) is 0 Å². The number of aliphatic hydroxyl groups excluding tert-OH is 6. The molecule has 2 aliphatic heterocycles. The fourth-order valence-electron chi connectivity index (χ4n) is 14.4. The van der Waals surface area contributed by atoms with Gasteiger partial charge in [0.2, 0.25) is 0 Å². The molecule has 3 fully saturated rings. The van der Waals surface area contributed by atoms with Crippen LogP contribution in [0.15, 0.2) is 0 Å². The second kappa shape index (κ2) is 64.8. The number of rotatable bonds is 75. The molecule has 0 aromatic rings. The summed E-state index contributed by atoms with van der Waals surface area (Å²) in [7, 11) is -10.3. The summed E-state index contributed by atoms with van der Waals surface area (Å²) >= 11 is 0. The predicted octanol–water partition coefficient (Wildman–Crippen LogP) is 17.6. The quantitative estimate of drug-likeness (QED) is 0.0121. The minimum atomic E-state index is -5.17. The molecule has 8 N–H and O–H groups in total. The van der Waals surface area contributed by atoms with Crippen LogP contribution < -0.4 is 0 Å². The van der Waals surface area contributed by atoms with Crippen molar-refractivity contribution in [3.8, 4) is 0 Å². The zero-order valence-corrected chi connectivity index (χ0v) is 70.4. The molecule has 0 spiro atoms. The second-order valence-electron chi connectivity index (χ2n) is 31.8. The van der Waals surface area contributed by atoms with Crippen LogP contribution in [0.1, 0.15) is 381 Å². The van der Waals surface area contributed by atoms with Crippen molar-refractivity contribution in [3.05, 3.63) is 0 Å². The van der Waals surface area contributed by atoms with Crippen LogP contribution >= 0.6 is 15.6 Å². The van der Waals surface area contributed by atoms with Crippen molar-refractivity contribution in [2.24, 2.45) is 11.8 Å². The molecule has 3 rings (SSSR count). The lowest BCUT2D eigenvalue weighted by Gasteiger charge is -2.45. The lowest BCUT2D eigenvalue weighted by molar-refractivity contribution is -0.376. The number of carbonyl (C=O) groups excluding carboxylic acids is 4.